The van der Waals surface area contributed by atoms with Crippen LogP contribution in [0.15, 0.2) is 48.6 Å². The van der Waals surface area contributed by atoms with Gasteiger partial charge in [-0.1, -0.05) is 236 Å². The summed E-state index contributed by atoms with van der Waals surface area (Å²) in [6.45, 7) is 3.76. The minimum atomic E-state index is -1.57. The molecule has 0 aromatic heterocycles. The maximum atomic E-state index is 13.0. The second-order valence-corrected chi connectivity index (χ2v) is 19.4. The molecule has 1 saturated heterocycles. The molecule has 0 radical (unpaired) electrons. The Morgan fingerprint density at radius 3 is 1.35 bits per heavy atom. The lowest BCUT2D eigenvalue weighted by atomic mass is 9.99. The maximum Gasteiger partial charge on any atom is 0.220 e. The molecule has 1 heterocycles. The number of carbonyl (C=O) groups is 1. The molecule has 1 aliphatic rings. The molecular weight excluding hydrogens is 827 g/mol. The van der Waals surface area contributed by atoms with E-state index in [9.17, 15) is 30.3 Å². The molecule has 0 spiro atoms. The second-order valence-electron chi connectivity index (χ2n) is 19.4. The van der Waals surface area contributed by atoms with Crippen LogP contribution in [0.4, 0.5) is 0 Å². The number of hydrogen-bond donors (Lipinski definition) is 6. The molecule has 1 aliphatic heterocycles. The third kappa shape index (κ3) is 36.2. The lowest BCUT2D eigenvalue weighted by Crippen LogP contribution is -2.60. The molecule has 0 bridgehead atoms. The molecule has 6 N–H and O–H groups in total. The van der Waals surface area contributed by atoms with Gasteiger partial charge in [-0.15, -0.1) is 0 Å². The fourth-order valence-electron chi connectivity index (χ4n) is 8.69. The number of aliphatic hydroxyl groups excluding tert-OH is 5. The molecule has 386 valence electrons. The fourth-order valence-corrected chi connectivity index (χ4v) is 8.69. The average Bonchev–Trinajstić information content (AvgIpc) is 3.32. The van der Waals surface area contributed by atoms with Gasteiger partial charge in [-0.3, -0.25) is 4.79 Å². The van der Waals surface area contributed by atoms with Crippen LogP contribution in [0, 0.1) is 0 Å². The summed E-state index contributed by atoms with van der Waals surface area (Å²) in [6, 6.07) is -0.814. The van der Waals surface area contributed by atoms with E-state index in [1.807, 2.05) is 6.08 Å². The number of nitrogens with one attached hydrogen (secondary N) is 1. The molecular formula is C57H105NO8. The van der Waals surface area contributed by atoms with E-state index in [0.717, 1.165) is 64.2 Å². The Labute approximate surface area is 405 Å². The van der Waals surface area contributed by atoms with Crippen molar-refractivity contribution in [2.24, 2.45) is 0 Å². The molecule has 0 saturated carbocycles. The normalized spacial score (nSPS) is 20.1. The van der Waals surface area contributed by atoms with Gasteiger partial charge in [-0.25, -0.2) is 0 Å². The SMILES string of the molecule is CCCCC/C=C\C/C=C\C/C=C\CCCCCCCCC(=O)NC(COC1OC(CO)C(O)C(O)C1O)C(O)/C=C/CCCCCCCCCCCCCCCCCCCCCCCC. The van der Waals surface area contributed by atoms with Crippen LogP contribution in [0.1, 0.15) is 251 Å². The third-order valence-corrected chi connectivity index (χ3v) is 13.1. The topological polar surface area (TPSA) is 149 Å². The van der Waals surface area contributed by atoms with Crippen LogP contribution >= 0.6 is 0 Å². The van der Waals surface area contributed by atoms with Gasteiger partial charge in [0.1, 0.15) is 24.4 Å². The van der Waals surface area contributed by atoms with Crippen molar-refractivity contribution < 1.29 is 39.8 Å². The molecule has 1 fully saturated rings. The average molecular weight is 932 g/mol. The lowest BCUT2D eigenvalue weighted by Gasteiger charge is -2.40. The van der Waals surface area contributed by atoms with Crippen LogP contribution in [0.5, 0.6) is 0 Å². The predicted molar refractivity (Wildman–Crippen MR) is 276 cm³/mol. The first kappa shape index (κ1) is 62.2. The summed E-state index contributed by atoms with van der Waals surface area (Å²) >= 11 is 0. The van der Waals surface area contributed by atoms with Gasteiger partial charge in [0, 0.05) is 6.42 Å². The van der Waals surface area contributed by atoms with Crippen molar-refractivity contribution in [3.05, 3.63) is 48.6 Å². The van der Waals surface area contributed by atoms with Crippen molar-refractivity contribution in [2.45, 2.75) is 294 Å². The molecule has 7 atom stereocenters. The monoisotopic (exact) mass is 932 g/mol. The Morgan fingerprint density at radius 1 is 0.515 bits per heavy atom. The van der Waals surface area contributed by atoms with Crippen LogP contribution < -0.4 is 5.32 Å². The molecule has 0 aromatic carbocycles. The van der Waals surface area contributed by atoms with Gasteiger partial charge in [-0.2, -0.15) is 0 Å². The highest BCUT2D eigenvalue weighted by atomic mass is 16.7. The quantitative estimate of drug-likeness (QED) is 0.0261. The summed E-state index contributed by atoms with van der Waals surface area (Å²) in [5, 5.41) is 54.5. The smallest absolute Gasteiger partial charge is 0.220 e. The first-order valence-corrected chi connectivity index (χ1v) is 27.9. The number of unbranched alkanes of at least 4 members (excludes halogenated alkanes) is 31. The first-order chi connectivity index (χ1) is 32.3. The van der Waals surface area contributed by atoms with E-state index in [-0.39, 0.29) is 12.5 Å². The molecule has 0 aliphatic carbocycles. The van der Waals surface area contributed by atoms with E-state index in [1.165, 1.54) is 167 Å². The standard InChI is InChI=1S/C57H105NO8/c1-3-5-7-9-11-13-15-17-19-21-23-24-25-26-27-29-30-32-34-36-38-40-42-44-46-51(60)50(49-65-57-56(64)55(63)54(62)52(48-59)66-57)58-53(61)47-45-43-41-39-37-35-33-31-28-22-20-18-16-14-12-10-8-6-4-2/h12,14,18,20,28,31,44,46,50-52,54-57,59-60,62-64H,3-11,13,15-17,19,21-27,29-30,32-43,45,47-49H2,1-2H3,(H,58,61)/b14-12-,20-18-,31-28-,46-44+. The van der Waals surface area contributed by atoms with Crippen molar-refractivity contribution in [3.8, 4) is 0 Å². The number of hydrogen-bond acceptors (Lipinski definition) is 8. The lowest BCUT2D eigenvalue weighted by molar-refractivity contribution is -0.302. The molecule has 7 unspecified atom stereocenters. The minimum Gasteiger partial charge on any atom is -0.394 e. The molecule has 9 nitrogen and oxygen atoms in total. The van der Waals surface area contributed by atoms with E-state index < -0.39 is 49.5 Å². The van der Waals surface area contributed by atoms with Gasteiger partial charge in [0.15, 0.2) is 6.29 Å². The summed E-state index contributed by atoms with van der Waals surface area (Å²) in [5.74, 6) is -0.188. The van der Waals surface area contributed by atoms with Crippen LogP contribution in [0.2, 0.25) is 0 Å². The van der Waals surface area contributed by atoms with Gasteiger partial charge in [0.05, 0.1) is 25.4 Å². The zero-order valence-electron chi connectivity index (χ0n) is 42.7. The molecule has 66 heavy (non-hydrogen) atoms. The van der Waals surface area contributed by atoms with E-state index in [4.69, 9.17) is 9.47 Å². The van der Waals surface area contributed by atoms with Crippen molar-refractivity contribution >= 4 is 5.91 Å². The predicted octanol–water partition coefficient (Wildman–Crippen LogP) is 13.3. The highest BCUT2D eigenvalue weighted by molar-refractivity contribution is 5.76. The number of amides is 1. The van der Waals surface area contributed by atoms with Crippen molar-refractivity contribution in [1.82, 2.24) is 5.32 Å². The van der Waals surface area contributed by atoms with Crippen LogP contribution in [0.25, 0.3) is 0 Å². The number of ether oxygens (including phenoxy) is 2. The molecule has 1 rings (SSSR count). The Bertz CT molecular complexity index is 1170. The van der Waals surface area contributed by atoms with Crippen molar-refractivity contribution in [3.63, 3.8) is 0 Å². The third-order valence-electron chi connectivity index (χ3n) is 13.1. The number of allylic oxidation sites excluding steroid dienone is 7. The van der Waals surface area contributed by atoms with Crippen molar-refractivity contribution in [2.75, 3.05) is 13.2 Å². The van der Waals surface area contributed by atoms with E-state index in [2.05, 4.69) is 55.6 Å². The van der Waals surface area contributed by atoms with Crippen molar-refractivity contribution in [1.29, 1.82) is 0 Å². The van der Waals surface area contributed by atoms with Gasteiger partial charge in [0.25, 0.3) is 0 Å². The van der Waals surface area contributed by atoms with Crippen LogP contribution in [-0.2, 0) is 14.3 Å². The summed E-state index contributed by atoms with van der Waals surface area (Å²) in [7, 11) is 0. The maximum absolute atomic E-state index is 13.0. The Morgan fingerprint density at radius 2 is 0.894 bits per heavy atom. The minimum absolute atomic E-state index is 0.188. The molecule has 1 amide bonds. The molecule has 0 aromatic rings. The van der Waals surface area contributed by atoms with Gasteiger partial charge >= 0.3 is 0 Å². The summed E-state index contributed by atoms with van der Waals surface area (Å²) < 4.78 is 11.3. The summed E-state index contributed by atoms with van der Waals surface area (Å²) in [6.07, 6.45) is 54.5. The van der Waals surface area contributed by atoms with Crippen LogP contribution in [0.3, 0.4) is 0 Å². The van der Waals surface area contributed by atoms with Gasteiger partial charge < -0.3 is 40.3 Å². The second kappa shape index (κ2) is 46.9. The number of carbonyl (C=O) groups excluding carboxylic acids is 1. The Balaban J connectivity index is 2.26. The van der Waals surface area contributed by atoms with E-state index in [1.54, 1.807) is 6.08 Å². The van der Waals surface area contributed by atoms with E-state index in [0.29, 0.717) is 6.42 Å². The zero-order valence-corrected chi connectivity index (χ0v) is 42.7. The zero-order chi connectivity index (χ0) is 48.0. The highest BCUT2D eigenvalue weighted by Crippen LogP contribution is 2.23. The van der Waals surface area contributed by atoms with Gasteiger partial charge in [-0.05, 0) is 57.8 Å². The number of rotatable bonds is 47. The fraction of sp³-hybridized carbons (Fsp3) is 0.842. The van der Waals surface area contributed by atoms with E-state index >= 15 is 0 Å². The largest absolute Gasteiger partial charge is 0.394 e. The number of aliphatic hydroxyl groups is 5. The summed E-state index contributed by atoms with van der Waals surface area (Å²) in [4.78, 5) is 13.0. The first-order valence-electron chi connectivity index (χ1n) is 27.9. The Kier molecular flexibility index (Phi) is 44.1. The van der Waals surface area contributed by atoms with Gasteiger partial charge in [0.2, 0.25) is 5.91 Å². The Hall–Kier alpha value is -1.85. The molecule has 9 heteroatoms. The summed E-state index contributed by atoms with van der Waals surface area (Å²) in [5.41, 5.74) is 0. The van der Waals surface area contributed by atoms with Crippen LogP contribution in [-0.4, -0.2) is 87.5 Å². The highest BCUT2D eigenvalue weighted by Gasteiger charge is 2.44.